The largest absolute Gasteiger partial charge is 0.345 e. The third-order valence-electron chi connectivity index (χ3n) is 3.90. The molecule has 0 aromatic heterocycles. The fourth-order valence-corrected chi connectivity index (χ4v) is 3.01. The van der Waals surface area contributed by atoms with Crippen LogP contribution in [0.4, 0.5) is 0 Å². The average molecular weight is 224 g/mol. The summed E-state index contributed by atoms with van der Waals surface area (Å²) >= 11 is 0. The molecule has 2 aliphatic rings. The minimum atomic E-state index is -0.244. The van der Waals surface area contributed by atoms with Crippen molar-refractivity contribution >= 4 is 11.8 Å². The molecule has 1 heterocycles. The highest BCUT2D eigenvalue weighted by molar-refractivity contribution is 5.95. The number of carbonyl (C=O) groups excluding carboxylic acids is 2. The van der Waals surface area contributed by atoms with E-state index in [2.05, 4.69) is 12.2 Å². The second-order valence-corrected chi connectivity index (χ2v) is 4.92. The summed E-state index contributed by atoms with van der Waals surface area (Å²) in [6.45, 7) is 4.33. The highest BCUT2D eigenvalue weighted by Gasteiger charge is 2.40. The van der Waals surface area contributed by atoms with E-state index in [4.69, 9.17) is 0 Å². The molecule has 4 heteroatoms. The maximum atomic E-state index is 12.0. The monoisotopic (exact) mass is 224 g/mol. The topological polar surface area (TPSA) is 49.4 Å². The predicted molar refractivity (Wildman–Crippen MR) is 60.7 cm³/mol. The van der Waals surface area contributed by atoms with E-state index in [0.29, 0.717) is 12.3 Å². The number of rotatable bonds is 2. The van der Waals surface area contributed by atoms with Gasteiger partial charge in [0.2, 0.25) is 11.8 Å². The van der Waals surface area contributed by atoms with E-state index in [1.165, 1.54) is 12.8 Å². The summed E-state index contributed by atoms with van der Waals surface area (Å²) in [6.07, 6.45) is 4.11. The van der Waals surface area contributed by atoms with Crippen molar-refractivity contribution in [1.82, 2.24) is 10.2 Å². The number of nitrogens with one attached hydrogen (secondary N) is 1. The number of piperazine rings is 1. The molecule has 1 N–H and O–H groups in total. The van der Waals surface area contributed by atoms with Gasteiger partial charge in [-0.05, 0) is 25.2 Å². The Labute approximate surface area is 96.4 Å². The van der Waals surface area contributed by atoms with Crippen molar-refractivity contribution in [2.75, 3.05) is 6.54 Å². The van der Waals surface area contributed by atoms with Crippen LogP contribution in [-0.2, 0) is 9.59 Å². The molecule has 4 nitrogen and oxygen atoms in total. The van der Waals surface area contributed by atoms with Crippen molar-refractivity contribution in [2.24, 2.45) is 5.92 Å². The van der Waals surface area contributed by atoms with Crippen molar-refractivity contribution in [1.29, 1.82) is 0 Å². The Balaban J connectivity index is 2.20. The zero-order chi connectivity index (χ0) is 11.7. The molecule has 2 fully saturated rings. The van der Waals surface area contributed by atoms with Gasteiger partial charge in [-0.25, -0.2) is 0 Å². The maximum absolute atomic E-state index is 12.0. The summed E-state index contributed by atoms with van der Waals surface area (Å²) in [5, 5.41) is 2.67. The molecule has 0 aromatic carbocycles. The third-order valence-corrected chi connectivity index (χ3v) is 3.90. The zero-order valence-electron chi connectivity index (χ0n) is 10.0. The Morgan fingerprint density at radius 1 is 1.38 bits per heavy atom. The van der Waals surface area contributed by atoms with Gasteiger partial charge in [-0.3, -0.25) is 9.59 Å². The van der Waals surface area contributed by atoms with Gasteiger partial charge in [0.05, 0.1) is 6.54 Å². The molecule has 16 heavy (non-hydrogen) atoms. The van der Waals surface area contributed by atoms with Gasteiger partial charge in [0, 0.05) is 6.04 Å². The average Bonchev–Trinajstić information content (AvgIpc) is 2.67. The molecule has 1 aliphatic heterocycles. The second kappa shape index (κ2) is 4.44. The van der Waals surface area contributed by atoms with Crippen LogP contribution in [0.3, 0.4) is 0 Å². The molecule has 1 aliphatic carbocycles. The van der Waals surface area contributed by atoms with Gasteiger partial charge in [-0.2, -0.15) is 0 Å². The molecule has 3 atom stereocenters. The van der Waals surface area contributed by atoms with Crippen molar-refractivity contribution in [3.8, 4) is 0 Å². The Kier molecular flexibility index (Phi) is 3.17. The summed E-state index contributed by atoms with van der Waals surface area (Å²) in [4.78, 5) is 25.6. The van der Waals surface area contributed by atoms with Crippen LogP contribution in [0.25, 0.3) is 0 Å². The van der Waals surface area contributed by atoms with Crippen LogP contribution in [0, 0.1) is 5.92 Å². The second-order valence-electron chi connectivity index (χ2n) is 4.92. The van der Waals surface area contributed by atoms with Crippen LogP contribution >= 0.6 is 0 Å². The van der Waals surface area contributed by atoms with Crippen LogP contribution in [0.2, 0.25) is 0 Å². The minimum absolute atomic E-state index is 0.0150. The molecule has 3 unspecified atom stereocenters. The van der Waals surface area contributed by atoms with Gasteiger partial charge >= 0.3 is 0 Å². The summed E-state index contributed by atoms with van der Waals surface area (Å²) in [7, 11) is 0. The normalized spacial score (nSPS) is 35.4. The minimum Gasteiger partial charge on any atom is -0.345 e. The van der Waals surface area contributed by atoms with Gasteiger partial charge in [0.1, 0.15) is 6.04 Å². The Bertz CT molecular complexity index is 303. The molecule has 2 rings (SSSR count). The van der Waals surface area contributed by atoms with Crippen LogP contribution < -0.4 is 5.32 Å². The molecule has 90 valence electrons. The molecule has 1 saturated heterocycles. The smallest absolute Gasteiger partial charge is 0.243 e. The summed E-state index contributed by atoms with van der Waals surface area (Å²) in [6, 6.07) is 0.0373. The van der Waals surface area contributed by atoms with Gasteiger partial charge in [0.25, 0.3) is 0 Å². The maximum Gasteiger partial charge on any atom is 0.243 e. The van der Waals surface area contributed by atoms with E-state index in [-0.39, 0.29) is 30.4 Å². The zero-order valence-corrected chi connectivity index (χ0v) is 10.0. The fourth-order valence-electron chi connectivity index (χ4n) is 3.01. The standard InChI is InChI=1S/C12H20N2O2/c1-3-9-12(16)13-7-11(15)14(9)10-6-4-5-8(10)2/h8-10H,3-7H2,1-2H3,(H,13,16). The first-order chi connectivity index (χ1) is 7.65. The fraction of sp³-hybridized carbons (Fsp3) is 0.833. The first-order valence-electron chi connectivity index (χ1n) is 6.24. The van der Waals surface area contributed by atoms with Crippen LogP contribution in [0.15, 0.2) is 0 Å². The van der Waals surface area contributed by atoms with Crippen molar-refractivity contribution < 1.29 is 9.59 Å². The SMILES string of the molecule is CCC1C(=O)NCC(=O)N1C1CCCC1C. The quantitative estimate of drug-likeness (QED) is 0.758. The van der Waals surface area contributed by atoms with Gasteiger partial charge < -0.3 is 10.2 Å². The van der Waals surface area contributed by atoms with Crippen molar-refractivity contribution in [2.45, 2.75) is 51.6 Å². The van der Waals surface area contributed by atoms with E-state index >= 15 is 0 Å². The molecule has 2 amide bonds. The summed E-state index contributed by atoms with van der Waals surface area (Å²) in [5.74, 6) is 0.635. The molecule has 0 aromatic rings. The van der Waals surface area contributed by atoms with Crippen molar-refractivity contribution in [3.05, 3.63) is 0 Å². The lowest BCUT2D eigenvalue weighted by Crippen LogP contribution is -2.61. The molecule has 0 bridgehead atoms. The van der Waals surface area contributed by atoms with E-state index in [1.54, 1.807) is 0 Å². The van der Waals surface area contributed by atoms with E-state index in [9.17, 15) is 9.59 Å². The Morgan fingerprint density at radius 2 is 2.12 bits per heavy atom. The molecule has 0 radical (unpaired) electrons. The van der Waals surface area contributed by atoms with Crippen LogP contribution in [0.1, 0.15) is 39.5 Å². The predicted octanol–water partition coefficient (Wildman–Crippen LogP) is 0.912. The number of hydrogen-bond acceptors (Lipinski definition) is 2. The van der Waals surface area contributed by atoms with Gasteiger partial charge in [-0.1, -0.05) is 20.3 Å². The molecule has 1 saturated carbocycles. The van der Waals surface area contributed by atoms with E-state index in [0.717, 1.165) is 6.42 Å². The van der Waals surface area contributed by atoms with Gasteiger partial charge in [-0.15, -0.1) is 0 Å². The first-order valence-corrected chi connectivity index (χ1v) is 6.24. The van der Waals surface area contributed by atoms with Gasteiger partial charge in [0.15, 0.2) is 0 Å². The lowest BCUT2D eigenvalue weighted by Gasteiger charge is -2.40. The molecular weight excluding hydrogens is 204 g/mol. The summed E-state index contributed by atoms with van der Waals surface area (Å²) in [5.41, 5.74) is 0. The van der Waals surface area contributed by atoms with E-state index in [1.807, 2.05) is 11.8 Å². The third kappa shape index (κ3) is 1.81. The van der Waals surface area contributed by atoms with Crippen molar-refractivity contribution in [3.63, 3.8) is 0 Å². The summed E-state index contributed by atoms with van der Waals surface area (Å²) < 4.78 is 0. The number of carbonyl (C=O) groups is 2. The molecular formula is C12H20N2O2. The Hall–Kier alpha value is -1.06. The van der Waals surface area contributed by atoms with E-state index < -0.39 is 0 Å². The first kappa shape index (κ1) is 11.4. The number of nitrogens with zero attached hydrogens (tertiary/aromatic N) is 1. The highest BCUT2D eigenvalue weighted by atomic mass is 16.2. The lowest BCUT2D eigenvalue weighted by atomic mass is 9.99. The van der Waals surface area contributed by atoms with Crippen LogP contribution in [0.5, 0.6) is 0 Å². The Morgan fingerprint density at radius 3 is 2.69 bits per heavy atom. The van der Waals surface area contributed by atoms with Crippen LogP contribution in [-0.4, -0.2) is 35.3 Å². The number of amides is 2. The highest BCUT2D eigenvalue weighted by Crippen LogP contribution is 2.32. The lowest BCUT2D eigenvalue weighted by molar-refractivity contribution is -0.149. The number of hydrogen-bond donors (Lipinski definition) is 1. The molecule has 0 spiro atoms.